The van der Waals surface area contributed by atoms with Gasteiger partial charge in [0, 0.05) is 24.2 Å². The minimum atomic E-state index is -1.51. The van der Waals surface area contributed by atoms with Crippen LogP contribution in [0.15, 0.2) is 161 Å². The molecule has 22 nitrogen and oxygen atoms in total. The molecule has 9 aromatic rings. The van der Waals surface area contributed by atoms with Crippen LogP contribution in [0.3, 0.4) is 0 Å². The van der Waals surface area contributed by atoms with Gasteiger partial charge in [0.1, 0.15) is 78.6 Å². The topological polar surface area (TPSA) is 204 Å². The lowest BCUT2D eigenvalue weighted by Gasteiger charge is -2.51. The van der Waals surface area contributed by atoms with Gasteiger partial charge >= 0.3 is 0 Å². The average Bonchev–Trinajstić information content (AvgIpc) is 0.860. The number of hydrogen-bond acceptors (Lipinski definition) is 19. The number of oxime groups is 3. The number of aliphatic hydroxyl groups is 1. The van der Waals surface area contributed by atoms with E-state index in [1.54, 1.807) is 66.3 Å². The SMILES string of the molecule is C.COc1cc(/C=C2\OC(C)CN3C2=NOCC3(C)c2cc(F)c(F)c(F)c2)ccc1-n1cnc(C)c1.COc1cc(/C=C2\OC(C)CN3C2=NOCC3(c2cc(C)c(F)c(F)c2)C(C)O)ccc1-n1cnc(C)c1.COc1cc(/C=C2\OCCN3C2=NOCC3c2cc(F)c(C)c(F)c2)ccc1-n1cnc(C)c1. The second-order valence-corrected chi connectivity index (χ2v) is 27.1. The number of aryl methyl sites for hydroxylation is 4. The summed E-state index contributed by atoms with van der Waals surface area (Å²) in [6.07, 6.45) is 14.8. The Balaban J connectivity index is 0.000000152. The van der Waals surface area contributed by atoms with Gasteiger partial charge < -0.3 is 76.4 Å². The van der Waals surface area contributed by atoms with Gasteiger partial charge in [-0.05, 0) is 186 Å². The predicted molar refractivity (Wildman–Crippen MR) is 395 cm³/mol. The third-order valence-electron chi connectivity index (χ3n) is 19.5. The zero-order valence-corrected chi connectivity index (χ0v) is 61.2. The third kappa shape index (κ3) is 15.3. The quantitative estimate of drug-likeness (QED) is 0.0842. The molecular formula is C80H83F7N12O10. The predicted octanol–water partition coefficient (Wildman–Crippen LogP) is 14.6. The number of hydrogen-bond donors (Lipinski definition) is 1. The number of fused-ring (bicyclic) bond motifs is 3. The molecular weight excluding hydrogens is 1420 g/mol. The molecule has 0 spiro atoms. The van der Waals surface area contributed by atoms with Crippen molar-refractivity contribution in [2.45, 2.75) is 105 Å². The molecule has 0 saturated carbocycles. The maximum atomic E-state index is 14.5. The molecule has 0 amide bonds. The largest absolute Gasteiger partial charge is 0.495 e. The van der Waals surface area contributed by atoms with E-state index in [0.717, 1.165) is 69.0 Å². The molecule has 29 heteroatoms. The van der Waals surface area contributed by atoms with E-state index in [1.807, 2.05) is 148 Å². The van der Waals surface area contributed by atoms with Crippen molar-refractivity contribution in [2.24, 2.45) is 15.5 Å². The van der Waals surface area contributed by atoms with Gasteiger partial charge in [0.25, 0.3) is 0 Å². The van der Waals surface area contributed by atoms with Gasteiger partial charge in [0.05, 0.1) is 106 Å². The van der Waals surface area contributed by atoms with E-state index in [4.69, 9.17) is 42.9 Å². The van der Waals surface area contributed by atoms with Gasteiger partial charge in [-0.3, -0.25) is 0 Å². The molecule has 6 aromatic carbocycles. The van der Waals surface area contributed by atoms with Crippen LogP contribution in [0.1, 0.15) is 103 Å². The van der Waals surface area contributed by atoms with Gasteiger partial charge in [0.2, 0.25) is 17.5 Å². The van der Waals surface area contributed by atoms with Crippen LogP contribution in [-0.4, -0.2) is 152 Å². The van der Waals surface area contributed by atoms with Crippen molar-refractivity contribution in [1.29, 1.82) is 0 Å². The van der Waals surface area contributed by atoms with E-state index in [0.29, 0.717) is 89.4 Å². The number of aromatic nitrogens is 6. The highest BCUT2D eigenvalue weighted by molar-refractivity contribution is 6.03. The molecule has 109 heavy (non-hydrogen) atoms. The maximum absolute atomic E-state index is 14.5. The summed E-state index contributed by atoms with van der Waals surface area (Å²) in [5.74, 6) is -2.58. The van der Waals surface area contributed by atoms with Crippen LogP contribution in [0, 0.1) is 75.3 Å². The highest BCUT2D eigenvalue weighted by atomic mass is 19.2. The number of halogens is 7. The molecule has 6 aliphatic rings. The first-order valence-corrected chi connectivity index (χ1v) is 34.6. The van der Waals surface area contributed by atoms with Crippen LogP contribution >= 0.6 is 0 Å². The lowest BCUT2D eigenvalue weighted by atomic mass is 9.81. The van der Waals surface area contributed by atoms with Crippen LogP contribution in [0.5, 0.6) is 17.2 Å². The van der Waals surface area contributed by atoms with E-state index in [2.05, 4.69) is 30.4 Å². The number of benzene rings is 6. The van der Waals surface area contributed by atoms with Crippen molar-refractivity contribution in [3.05, 3.63) is 248 Å². The zero-order chi connectivity index (χ0) is 76.6. The summed E-state index contributed by atoms with van der Waals surface area (Å²) in [6.45, 7) is 17.6. The Labute approximate surface area is 625 Å². The van der Waals surface area contributed by atoms with Crippen LogP contribution < -0.4 is 14.2 Å². The van der Waals surface area contributed by atoms with Crippen molar-refractivity contribution in [3.63, 3.8) is 0 Å². The summed E-state index contributed by atoms with van der Waals surface area (Å²) >= 11 is 0. The fraction of sp³-hybridized carbons (Fsp3) is 0.325. The first-order valence-electron chi connectivity index (χ1n) is 34.6. The van der Waals surface area contributed by atoms with Crippen molar-refractivity contribution < 1.29 is 78.8 Å². The number of nitrogens with zero attached hydrogens (tertiary/aromatic N) is 12. The fourth-order valence-electron chi connectivity index (χ4n) is 13.8. The Morgan fingerprint density at radius 3 is 1.43 bits per heavy atom. The second-order valence-electron chi connectivity index (χ2n) is 27.1. The molecule has 9 heterocycles. The molecule has 3 fully saturated rings. The van der Waals surface area contributed by atoms with Crippen LogP contribution in [0.2, 0.25) is 0 Å². The highest BCUT2D eigenvalue weighted by Crippen LogP contribution is 2.43. The molecule has 0 aliphatic carbocycles. The molecule has 1 N–H and O–H groups in total. The van der Waals surface area contributed by atoms with Gasteiger partial charge in [-0.25, -0.2) is 45.7 Å². The summed E-state index contributed by atoms with van der Waals surface area (Å²) in [7, 11) is 4.80. The van der Waals surface area contributed by atoms with Gasteiger partial charge in [-0.1, -0.05) is 47.2 Å². The highest BCUT2D eigenvalue weighted by Gasteiger charge is 2.52. The normalized spacial score (nSPS) is 21.2. The fourth-order valence-corrected chi connectivity index (χ4v) is 13.8. The minimum absolute atomic E-state index is 0. The Kier molecular flexibility index (Phi) is 22.3. The first-order chi connectivity index (χ1) is 51.8. The Bertz CT molecular complexity index is 5040. The van der Waals surface area contributed by atoms with E-state index < -0.39 is 57.9 Å². The smallest absolute Gasteiger partial charge is 0.211 e. The van der Waals surface area contributed by atoms with Crippen molar-refractivity contribution >= 4 is 35.7 Å². The van der Waals surface area contributed by atoms with Crippen LogP contribution in [0.4, 0.5) is 30.7 Å². The number of aliphatic hydroxyl groups excluding tert-OH is 1. The second kappa shape index (κ2) is 31.6. The van der Waals surface area contributed by atoms with E-state index >= 15 is 0 Å². The van der Waals surface area contributed by atoms with Crippen molar-refractivity contribution in [2.75, 3.05) is 67.4 Å². The van der Waals surface area contributed by atoms with Crippen LogP contribution in [-0.2, 0) is 39.8 Å². The maximum Gasteiger partial charge on any atom is 0.211 e. The zero-order valence-electron chi connectivity index (χ0n) is 61.2. The molecule has 3 aromatic heterocycles. The van der Waals surface area contributed by atoms with E-state index in [1.165, 1.54) is 26.0 Å². The Morgan fingerprint density at radius 2 is 0.972 bits per heavy atom. The number of amidine groups is 3. The summed E-state index contributed by atoms with van der Waals surface area (Å²) in [5, 5.41) is 23.7. The average molecular weight is 1510 g/mol. The van der Waals surface area contributed by atoms with E-state index in [9.17, 15) is 35.8 Å². The lowest BCUT2D eigenvalue weighted by molar-refractivity contribution is -0.0934. The Morgan fingerprint density at radius 1 is 0.532 bits per heavy atom. The summed E-state index contributed by atoms with van der Waals surface area (Å²) < 4.78 is 140. The van der Waals surface area contributed by atoms with Crippen molar-refractivity contribution in [1.82, 2.24) is 43.4 Å². The van der Waals surface area contributed by atoms with Crippen LogP contribution in [0.25, 0.3) is 35.3 Å². The molecule has 15 rings (SSSR count). The molecule has 6 unspecified atom stereocenters. The minimum Gasteiger partial charge on any atom is -0.495 e. The third-order valence-corrected chi connectivity index (χ3v) is 19.5. The number of ether oxygens (including phenoxy) is 6. The molecule has 572 valence electrons. The molecule has 6 atom stereocenters. The number of rotatable bonds is 13. The standard InChI is InChI=1S/C28H30F2N4O4.C26H25F3N4O3.C25H24F2N4O3.CH4/c1-16-8-21(11-22(29)26(16)30)28(19(4)35)14-37-32-27-25(38-18(3)13-34(27)28)10-20-6-7-23(24(9-20)36-5)33-12-17(2)31-15-33;1-15-11-32(14-30-15)21-6-5-17(7-22(21)34-4)8-23-25-31-35-13-26(3,33(25)12-16(2)36-23)18-9-19(27)24(29)20(28)10-18;1-15-12-30(14-28-15)21-5-4-17(8-23(21)32-3)9-24-25-29-34-13-22(31(25)6-7-33-24)18-10-19(26)16(2)20(27)11-18;/h6-12,15,18-19,35H,13-14H2,1-5H3;5-11,14,16H,12-13H2,1-4H3;4-5,8-12,14,22H,6-7,13H2,1-3H3;1H4/b25-10-;23-8-;24-9-;. The lowest BCUT2D eigenvalue weighted by Crippen LogP contribution is -2.64. The molecule has 6 aliphatic heterocycles. The van der Waals surface area contributed by atoms with Gasteiger partial charge in [-0.15, -0.1) is 0 Å². The number of methoxy groups -OCH3 is 3. The number of imidazole rings is 3. The first kappa shape index (κ1) is 76.9. The van der Waals surface area contributed by atoms with E-state index in [-0.39, 0.29) is 62.2 Å². The monoisotopic (exact) mass is 1500 g/mol. The summed E-state index contributed by atoms with van der Waals surface area (Å²) in [5.41, 5.74) is 6.64. The van der Waals surface area contributed by atoms with Crippen molar-refractivity contribution in [3.8, 4) is 34.3 Å². The Hall–Kier alpha value is -11.8. The van der Waals surface area contributed by atoms with Gasteiger partial charge in [0.15, 0.2) is 46.4 Å². The van der Waals surface area contributed by atoms with Gasteiger partial charge in [-0.2, -0.15) is 0 Å². The molecule has 3 saturated heterocycles. The number of morpholine rings is 3. The molecule has 0 bridgehead atoms. The summed E-state index contributed by atoms with van der Waals surface area (Å²) in [4.78, 5) is 35.1. The molecule has 0 radical (unpaired) electrons. The summed E-state index contributed by atoms with van der Waals surface area (Å²) in [6, 6.07) is 24.1.